The lowest BCUT2D eigenvalue weighted by atomic mass is 10.3. The minimum absolute atomic E-state index is 0.0494. The fourth-order valence-electron chi connectivity index (χ4n) is 2.44. The number of benzene rings is 1. The van der Waals surface area contributed by atoms with Crippen LogP contribution in [0.1, 0.15) is 19.3 Å². The predicted molar refractivity (Wildman–Crippen MR) is 78.1 cm³/mol. The lowest BCUT2D eigenvalue weighted by molar-refractivity contribution is -0.115. The normalized spacial score (nSPS) is 15.3. The number of nitrogens with one attached hydrogen (secondary N) is 2. The fraction of sp³-hybridized carbons (Fsp3) is 0.533. The van der Waals surface area contributed by atoms with E-state index in [0.717, 1.165) is 38.2 Å². The largest absolute Gasteiger partial charge is 0.320 e. The van der Waals surface area contributed by atoms with Crippen LogP contribution in [0.4, 0.5) is 14.5 Å². The molecule has 1 aromatic carbocycles. The molecule has 0 spiro atoms. The molecular weight excluding hydrogens is 276 g/mol. The zero-order valence-electron chi connectivity index (χ0n) is 12.0. The number of anilines is 1. The molecule has 1 saturated heterocycles. The van der Waals surface area contributed by atoms with E-state index >= 15 is 0 Å². The predicted octanol–water partition coefficient (Wildman–Crippen LogP) is 1.98. The van der Waals surface area contributed by atoms with Gasteiger partial charge < -0.3 is 15.5 Å². The van der Waals surface area contributed by atoms with Gasteiger partial charge in [-0.1, -0.05) is 6.07 Å². The summed E-state index contributed by atoms with van der Waals surface area (Å²) >= 11 is 0. The van der Waals surface area contributed by atoms with Gasteiger partial charge in [0.05, 0.1) is 6.54 Å². The molecule has 4 nitrogen and oxygen atoms in total. The summed E-state index contributed by atoms with van der Waals surface area (Å²) < 4.78 is 26.7. The number of nitrogens with zero attached hydrogens (tertiary/aromatic N) is 1. The summed E-state index contributed by atoms with van der Waals surface area (Å²) in [4.78, 5) is 14.0. The van der Waals surface area contributed by atoms with Crippen molar-refractivity contribution in [3.63, 3.8) is 0 Å². The molecule has 2 N–H and O–H groups in total. The lowest BCUT2D eigenvalue weighted by Crippen LogP contribution is -2.31. The van der Waals surface area contributed by atoms with Crippen LogP contribution >= 0.6 is 0 Å². The van der Waals surface area contributed by atoms with Crippen LogP contribution in [0.3, 0.4) is 0 Å². The summed E-state index contributed by atoms with van der Waals surface area (Å²) in [5.41, 5.74) is -0.388. The Morgan fingerprint density at radius 2 is 1.86 bits per heavy atom. The molecule has 116 valence electrons. The van der Waals surface area contributed by atoms with Gasteiger partial charge in [-0.2, -0.15) is 0 Å². The van der Waals surface area contributed by atoms with E-state index in [1.54, 1.807) is 0 Å². The van der Waals surface area contributed by atoms with Crippen LogP contribution in [0.5, 0.6) is 0 Å². The second kappa shape index (κ2) is 8.05. The number of amides is 1. The molecule has 1 aromatic rings. The first-order valence-corrected chi connectivity index (χ1v) is 7.34. The van der Waals surface area contributed by atoms with Gasteiger partial charge in [-0.25, -0.2) is 8.78 Å². The topological polar surface area (TPSA) is 44.4 Å². The standard InChI is InChI=1S/C15H21F2N3O/c16-12-5-3-6-13(17)15(12)19-14(21)11-18-7-4-10-20-8-1-2-9-20/h3,5-6,18H,1-2,4,7-11H2,(H,19,21). The van der Waals surface area contributed by atoms with Crippen molar-refractivity contribution < 1.29 is 13.6 Å². The molecule has 1 heterocycles. The van der Waals surface area contributed by atoms with E-state index in [9.17, 15) is 13.6 Å². The van der Waals surface area contributed by atoms with Gasteiger partial charge >= 0.3 is 0 Å². The van der Waals surface area contributed by atoms with Gasteiger partial charge in [0.25, 0.3) is 0 Å². The molecule has 0 aromatic heterocycles. The van der Waals surface area contributed by atoms with E-state index in [2.05, 4.69) is 15.5 Å². The molecule has 0 aliphatic carbocycles. The number of hydrogen-bond donors (Lipinski definition) is 2. The second-order valence-corrected chi connectivity index (χ2v) is 5.22. The Bertz CT molecular complexity index is 456. The molecule has 1 fully saturated rings. The highest BCUT2D eigenvalue weighted by molar-refractivity contribution is 5.92. The van der Waals surface area contributed by atoms with Crippen molar-refractivity contribution in [2.75, 3.05) is 38.0 Å². The Hall–Kier alpha value is -1.53. The maximum absolute atomic E-state index is 13.3. The molecular formula is C15H21F2N3O. The Morgan fingerprint density at radius 3 is 2.52 bits per heavy atom. The van der Waals surface area contributed by atoms with Gasteiger partial charge in [0, 0.05) is 0 Å². The number of hydrogen-bond acceptors (Lipinski definition) is 3. The molecule has 1 amide bonds. The van der Waals surface area contributed by atoms with Crippen LogP contribution in [-0.2, 0) is 4.79 Å². The fourth-order valence-corrected chi connectivity index (χ4v) is 2.44. The third kappa shape index (κ3) is 5.06. The Balaban J connectivity index is 1.63. The molecule has 1 aliphatic heterocycles. The van der Waals surface area contributed by atoms with E-state index in [-0.39, 0.29) is 12.2 Å². The molecule has 21 heavy (non-hydrogen) atoms. The van der Waals surface area contributed by atoms with Crippen LogP contribution in [0.15, 0.2) is 18.2 Å². The highest BCUT2D eigenvalue weighted by Crippen LogP contribution is 2.17. The lowest BCUT2D eigenvalue weighted by Gasteiger charge is -2.14. The van der Waals surface area contributed by atoms with Crippen LogP contribution in [0, 0.1) is 11.6 Å². The molecule has 2 rings (SSSR count). The van der Waals surface area contributed by atoms with Crippen molar-refractivity contribution in [2.45, 2.75) is 19.3 Å². The number of likely N-dealkylation sites (tertiary alicyclic amines) is 1. The minimum Gasteiger partial charge on any atom is -0.320 e. The van der Waals surface area contributed by atoms with Gasteiger partial charge in [-0.15, -0.1) is 0 Å². The van der Waals surface area contributed by atoms with E-state index in [0.29, 0.717) is 6.54 Å². The van der Waals surface area contributed by atoms with Crippen LogP contribution in [0.25, 0.3) is 0 Å². The Kier molecular flexibility index (Phi) is 6.07. The summed E-state index contributed by atoms with van der Waals surface area (Å²) in [5.74, 6) is -1.98. The van der Waals surface area contributed by atoms with Crippen LogP contribution < -0.4 is 10.6 Å². The van der Waals surface area contributed by atoms with E-state index in [1.807, 2.05) is 0 Å². The van der Waals surface area contributed by atoms with Gasteiger partial charge in [-0.05, 0) is 57.6 Å². The zero-order chi connectivity index (χ0) is 15.1. The SMILES string of the molecule is O=C(CNCCCN1CCCC1)Nc1c(F)cccc1F. The highest BCUT2D eigenvalue weighted by atomic mass is 19.1. The third-order valence-corrected chi connectivity index (χ3v) is 3.54. The quantitative estimate of drug-likeness (QED) is 0.756. The maximum atomic E-state index is 13.3. The minimum atomic E-state index is -0.766. The van der Waals surface area contributed by atoms with E-state index in [1.165, 1.54) is 18.9 Å². The van der Waals surface area contributed by atoms with Crippen molar-refractivity contribution in [2.24, 2.45) is 0 Å². The average Bonchev–Trinajstić information content (AvgIpc) is 2.96. The highest BCUT2D eigenvalue weighted by Gasteiger charge is 2.12. The number of carbonyl (C=O) groups is 1. The van der Waals surface area contributed by atoms with Gasteiger partial charge in [0.15, 0.2) is 0 Å². The van der Waals surface area contributed by atoms with Gasteiger partial charge in [0.2, 0.25) is 5.91 Å². The van der Waals surface area contributed by atoms with E-state index in [4.69, 9.17) is 0 Å². The summed E-state index contributed by atoms with van der Waals surface area (Å²) in [5, 5.41) is 5.23. The summed E-state index contributed by atoms with van der Waals surface area (Å²) in [6.07, 6.45) is 3.50. The molecule has 0 saturated carbocycles. The number of rotatable bonds is 7. The monoisotopic (exact) mass is 297 g/mol. The van der Waals surface area contributed by atoms with E-state index < -0.39 is 17.5 Å². The first-order chi connectivity index (χ1) is 10.2. The molecule has 6 heteroatoms. The molecule has 1 aliphatic rings. The molecule has 0 bridgehead atoms. The Labute approximate surface area is 123 Å². The summed E-state index contributed by atoms with van der Waals surface area (Å²) in [7, 11) is 0. The Morgan fingerprint density at radius 1 is 1.19 bits per heavy atom. The molecule has 0 radical (unpaired) electrons. The number of carbonyl (C=O) groups excluding carboxylic acids is 1. The van der Waals surface area contributed by atoms with Crippen molar-refractivity contribution in [1.82, 2.24) is 10.2 Å². The summed E-state index contributed by atoms with van der Waals surface area (Å²) in [6.45, 7) is 4.11. The molecule has 0 unspecified atom stereocenters. The van der Waals surface area contributed by atoms with Crippen molar-refractivity contribution in [3.05, 3.63) is 29.8 Å². The zero-order valence-corrected chi connectivity index (χ0v) is 12.0. The van der Waals surface area contributed by atoms with Crippen LogP contribution in [0.2, 0.25) is 0 Å². The third-order valence-electron chi connectivity index (χ3n) is 3.54. The second-order valence-electron chi connectivity index (χ2n) is 5.22. The van der Waals surface area contributed by atoms with Crippen molar-refractivity contribution >= 4 is 11.6 Å². The number of para-hydroxylation sites is 1. The number of halogens is 2. The van der Waals surface area contributed by atoms with Gasteiger partial charge in [0.1, 0.15) is 17.3 Å². The van der Waals surface area contributed by atoms with Crippen LogP contribution in [-0.4, -0.2) is 43.5 Å². The van der Waals surface area contributed by atoms with Gasteiger partial charge in [-0.3, -0.25) is 4.79 Å². The van der Waals surface area contributed by atoms with Crippen molar-refractivity contribution in [3.8, 4) is 0 Å². The average molecular weight is 297 g/mol. The summed E-state index contributed by atoms with van der Waals surface area (Å²) in [6, 6.07) is 3.49. The van der Waals surface area contributed by atoms with Crippen molar-refractivity contribution in [1.29, 1.82) is 0 Å². The first kappa shape index (κ1) is 15.9. The maximum Gasteiger partial charge on any atom is 0.238 e. The first-order valence-electron chi connectivity index (χ1n) is 7.34. The molecule has 0 atom stereocenters. The smallest absolute Gasteiger partial charge is 0.238 e.